The van der Waals surface area contributed by atoms with E-state index in [0.29, 0.717) is 17.6 Å². The molecule has 9 aromatic carbocycles. The van der Waals surface area contributed by atoms with Gasteiger partial charge in [0.05, 0.1) is 27.8 Å². The molecule has 0 radical (unpaired) electrons. The molecule has 0 aliphatic heterocycles. The van der Waals surface area contributed by atoms with Crippen molar-refractivity contribution in [1.82, 2.24) is 24.1 Å². The van der Waals surface area contributed by atoms with Gasteiger partial charge in [-0.2, -0.15) is 9.97 Å². The molecule has 5 nitrogen and oxygen atoms in total. The van der Waals surface area contributed by atoms with E-state index in [1.165, 1.54) is 36.5 Å². The van der Waals surface area contributed by atoms with Crippen LogP contribution in [0.1, 0.15) is 0 Å². The maximum atomic E-state index is 5.37. The lowest BCUT2D eigenvalue weighted by Crippen LogP contribution is -2.06. The van der Waals surface area contributed by atoms with Crippen molar-refractivity contribution >= 4 is 75.1 Å². The van der Waals surface area contributed by atoms with Gasteiger partial charge in [0.1, 0.15) is 0 Å². The highest BCUT2D eigenvalue weighted by Gasteiger charge is 2.23. The number of nitrogens with zero attached hydrogens (tertiary/aromatic N) is 5. The third-order valence-corrected chi connectivity index (χ3v) is 13.5. The van der Waals surface area contributed by atoms with E-state index < -0.39 is 0 Å². The van der Waals surface area contributed by atoms with Crippen LogP contribution in [0.2, 0.25) is 0 Å². The maximum Gasteiger partial charge on any atom is 0.238 e. The molecule has 13 aromatic rings. The van der Waals surface area contributed by atoms with Crippen molar-refractivity contribution in [2.75, 3.05) is 0 Å². The number of aromatic nitrogens is 5. The van der Waals surface area contributed by atoms with Crippen LogP contribution >= 0.6 is 11.3 Å². The summed E-state index contributed by atoms with van der Waals surface area (Å²) in [6.45, 7) is 0. The second-order valence-corrected chi connectivity index (χ2v) is 17.1. The van der Waals surface area contributed by atoms with Crippen molar-refractivity contribution < 1.29 is 0 Å². The molecule has 0 bridgehead atoms. The van der Waals surface area contributed by atoms with E-state index in [9.17, 15) is 0 Å². The fourth-order valence-corrected chi connectivity index (χ4v) is 10.6. The number of fused-ring (bicyclic) bond motifs is 9. The Hall–Kier alpha value is -8.19. The quantitative estimate of drug-likeness (QED) is 0.168. The molecule has 4 heterocycles. The van der Waals surface area contributed by atoms with Gasteiger partial charge in [0.15, 0.2) is 11.6 Å². The van der Waals surface area contributed by atoms with Crippen LogP contribution < -0.4 is 0 Å². The molecule has 4 aromatic heterocycles. The summed E-state index contributed by atoms with van der Waals surface area (Å²) >= 11 is 1.80. The minimum Gasteiger partial charge on any atom is -0.309 e. The van der Waals surface area contributed by atoms with Gasteiger partial charge < -0.3 is 4.57 Å². The van der Waals surface area contributed by atoms with E-state index in [-0.39, 0.29) is 0 Å². The Kier molecular flexibility index (Phi) is 8.01. The van der Waals surface area contributed by atoms with E-state index >= 15 is 0 Å². The molecule has 13 rings (SSSR count). The monoisotopic (exact) mass is 821 g/mol. The Morgan fingerprint density at radius 1 is 0.302 bits per heavy atom. The molecule has 6 heteroatoms. The predicted molar refractivity (Wildman–Crippen MR) is 263 cm³/mol. The van der Waals surface area contributed by atoms with Crippen molar-refractivity contribution in [1.29, 1.82) is 0 Å². The number of hydrogen-bond donors (Lipinski definition) is 0. The van der Waals surface area contributed by atoms with Gasteiger partial charge in [0.25, 0.3) is 0 Å². The summed E-state index contributed by atoms with van der Waals surface area (Å²) in [5, 5.41) is 7.16. The lowest BCUT2D eigenvalue weighted by molar-refractivity contribution is 0.954. The zero-order valence-corrected chi connectivity index (χ0v) is 34.7. The predicted octanol–water partition coefficient (Wildman–Crippen LogP) is 15.1. The highest BCUT2D eigenvalue weighted by molar-refractivity contribution is 7.25. The number of rotatable bonds is 6. The third kappa shape index (κ3) is 5.73. The molecule has 0 unspecified atom stereocenters. The van der Waals surface area contributed by atoms with E-state index in [2.05, 4.69) is 203 Å². The van der Waals surface area contributed by atoms with Crippen molar-refractivity contribution in [2.45, 2.75) is 0 Å². The van der Waals surface area contributed by atoms with Crippen molar-refractivity contribution in [3.8, 4) is 56.7 Å². The summed E-state index contributed by atoms with van der Waals surface area (Å²) in [6.07, 6.45) is 0. The summed E-state index contributed by atoms with van der Waals surface area (Å²) in [5.41, 5.74) is 11.9. The SMILES string of the molecule is c1ccc(-c2ccc(-c3ccccc3)c(-n3c4ccccc4c4cc5c6ccccc6n(-c6nc(-c7ccccc7)nc(-c7ccc8c(c7)sc7ccccc78)n6)c5cc43)c2)cc1. The summed E-state index contributed by atoms with van der Waals surface area (Å²) in [6, 6.07) is 75.8. The molecular formula is C57H35N5S. The molecule has 0 saturated carbocycles. The average molecular weight is 822 g/mol. The smallest absolute Gasteiger partial charge is 0.238 e. The summed E-state index contributed by atoms with van der Waals surface area (Å²) in [4.78, 5) is 15.9. The number of thiophene rings is 1. The molecule has 0 atom stereocenters. The van der Waals surface area contributed by atoms with Crippen molar-refractivity contribution in [2.24, 2.45) is 0 Å². The molecule has 0 amide bonds. The summed E-state index contributed by atoms with van der Waals surface area (Å²) in [5.74, 6) is 1.82. The Balaban J connectivity index is 1.11. The summed E-state index contributed by atoms with van der Waals surface area (Å²) < 4.78 is 7.16. The first-order chi connectivity index (χ1) is 31.2. The van der Waals surface area contributed by atoms with E-state index in [0.717, 1.165) is 66.3 Å². The van der Waals surface area contributed by atoms with E-state index in [1.807, 2.05) is 18.2 Å². The van der Waals surface area contributed by atoms with Crippen LogP contribution in [0.5, 0.6) is 0 Å². The fraction of sp³-hybridized carbons (Fsp3) is 0. The van der Waals surface area contributed by atoms with Crippen LogP contribution in [0, 0.1) is 0 Å². The Morgan fingerprint density at radius 3 is 1.56 bits per heavy atom. The van der Waals surface area contributed by atoms with Gasteiger partial charge in [-0.05, 0) is 59.2 Å². The van der Waals surface area contributed by atoms with Crippen molar-refractivity contribution in [3.63, 3.8) is 0 Å². The van der Waals surface area contributed by atoms with Crippen LogP contribution in [0.25, 0.3) is 120 Å². The van der Waals surface area contributed by atoms with Gasteiger partial charge in [0, 0.05) is 58.4 Å². The van der Waals surface area contributed by atoms with Gasteiger partial charge in [0.2, 0.25) is 5.95 Å². The zero-order chi connectivity index (χ0) is 41.4. The fourth-order valence-electron chi connectivity index (χ4n) is 9.47. The Morgan fingerprint density at radius 2 is 0.841 bits per heavy atom. The molecule has 63 heavy (non-hydrogen) atoms. The molecule has 0 aliphatic carbocycles. The van der Waals surface area contributed by atoms with Gasteiger partial charge >= 0.3 is 0 Å². The molecule has 294 valence electrons. The maximum absolute atomic E-state index is 5.37. The van der Waals surface area contributed by atoms with Gasteiger partial charge in [-0.3, -0.25) is 4.57 Å². The number of hydrogen-bond acceptors (Lipinski definition) is 4. The average Bonchev–Trinajstić information content (AvgIpc) is 4.00. The highest BCUT2D eigenvalue weighted by Crippen LogP contribution is 2.43. The zero-order valence-electron chi connectivity index (χ0n) is 33.9. The van der Waals surface area contributed by atoms with Crippen LogP contribution in [0.4, 0.5) is 0 Å². The first-order valence-electron chi connectivity index (χ1n) is 21.2. The third-order valence-electron chi connectivity index (χ3n) is 12.4. The molecule has 0 aliphatic rings. The van der Waals surface area contributed by atoms with Crippen LogP contribution in [-0.2, 0) is 0 Å². The summed E-state index contributed by atoms with van der Waals surface area (Å²) in [7, 11) is 0. The van der Waals surface area contributed by atoms with E-state index in [4.69, 9.17) is 15.0 Å². The highest BCUT2D eigenvalue weighted by atomic mass is 32.1. The molecular weight excluding hydrogens is 787 g/mol. The van der Waals surface area contributed by atoms with Crippen LogP contribution in [-0.4, -0.2) is 24.1 Å². The van der Waals surface area contributed by atoms with Gasteiger partial charge in [-0.15, -0.1) is 11.3 Å². The van der Waals surface area contributed by atoms with Crippen LogP contribution in [0.15, 0.2) is 212 Å². The lowest BCUT2D eigenvalue weighted by atomic mass is 9.98. The normalized spacial score (nSPS) is 11.8. The minimum absolute atomic E-state index is 0.569. The van der Waals surface area contributed by atoms with Gasteiger partial charge in [-0.25, -0.2) is 4.98 Å². The van der Waals surface area contributed by atoms with E-state index in [1.54, 1.807) is 11.3 Å². The Bertz CT molecular complexity index is 3900. The molecule has 0 saturated heterocycles. The lowest BCUT2D eigenvalue weighted by Gasteiger charge is -2.16. The standard InChI is InChI=1S/C57H35N5S/c1-4-16-36(17-5-1)39-28-30-41(37-18-6-2-7-19-37)50(32-39)61-48-25-13-10-22-42(48)46-34-47-43-23-11-14-26-49(43)62(52(47)35-51(46)61)57-59-55(38-20-8-3-9-21-38)58-56(60-57)40-29-31-45-44-24-12-15-27-53(44)63-54(45)33-40/h1-35H. The van der Waals surface area contributed by atoms with Crippen molar-refractivity contribution in [3.05, 3.63) is 212 Å². The first-order valence-corrected chi connectivity index (χ1v) is 22.0. The second kappa shape index (κ2) is 14.2. The number of benzene rings is 9. The largest absolute Gasteiger partial charge is 0.309 e. The first kappa shape index (κ1) is 35.6. The molecule has 0 N–H and O–H groups in total. The van der Waals surface area contributed by atoms with Crippen LogP contribution in [0.3, 0.4) is 0 Å². The Labute approximate surface area is 366 Å². The number of para-hydroxylation sites is 2. The molecule has 0 fully saturated rings. The minimum atomic E-state index is 0.569. The van der Waals surface area contributed by atoms with Gasteiger partial charge in [-0.1, -0.05) is 170 Å². The molecule has 0 spiro atoms. The topological polar surface area (TPSA) is 48.5 Å². The second-order valence-electron chi connectivity index (χ2n) is 16.0.